The number of oxazole rings is 1. The Kier molecular flexibility index (Phi) is 5.83. The lowest BCUT2D eigenvalue weighted by atomic mass is 9.92. The Balaban J connectivity index is 1.70. The van der Waals surface area contributed by atoms with Gasteiger partial charge in [-0.3, -0.25) is 4.79 Å². The molecule has 9 heteroatoms. The van der Waals surface area contributed by atoms with E-state index in [1.54, 1.807) is 6.07 Å². The topological polar surface area (TPSA) is 83.7 Å². The maximum atomic E-state index is 12.5. The van der Waals surface area contributed by atoms with Gasteiger partial charge in [-0.1, -0.05) is 25.6 Å². The van der Waals surface area contributed by atoms with E-state index in [1.807, 2.05) is 4.90 Å². The molecule has 1 aliphatic heterocycles. The lowest BCUT2D eigenvalue weighted by molar-refractivity contribution is -0.130. The van der Waals surface area contributed by atoms with Crippen LogP contribution in [0.4, 0.5) is 0 Å². The van der Waals surface area contributed by atoms with Gasteiger partial charge in [0.2, 0.25) is 15.9 Å². The second kappa shape index (κ2) is 7.81. The first-order chi connectivity index (χ1) is 12.7. The van der Waals surface area contributed by atoms with Crippen LogP contribution in [0.25, 0.3) is 11.1 Å². The van der Waals surface area contributed by atoms with Crippen LogP contribution in [0.2, 0.25) is 0 Å². The molecular formula is C18H25N3O4S2. The van der Waals surface area contributed by atoms with Crippen molar-refractivity contribution in [3.63, 3.8) is 0 Å². The van der Waals surface area contributed by atoms with Crippen LogP contribution in [0.3, 0.4) is 0 Å². The molecule has 2 atom stereocenters. The number of carbonyl (C=O) groups excluding carboxylic acids is 1. The minimum atomic E-state index is -3.53. The summed E-state index contributed by atoms with van der Waals surface area (Å²) in [5.41, 5.74) is 0.968. The average Bonchev–Trinajstić information content (AvgIpc) is 3.00. The second-order valence-electron chi connectivity index (χ2n) is 7.43. The Morgan fingerprint density at radius 2 is 1.96 bits per heavy atom. The lowest BCUT2D eigenvalue weighted by Crippen LogP contribution is -2.43. The van der Waals surface area contributed by atoms with E-state index >= 15 is 0 Å². The number of sulfonamides is 1. The molecule has 1 aliphatic rings. The number of hydrogen-bond donors (Lipinski definition) is 0. The first-order valence-corrected chi connectivity index (χ1v) is 11.3. The summed E-state index contributed by atoms with van der Waals surface area (Å²) in [6, 6.07) is 4.59. The van der Waals surface area contributed by atoms with Crippen LogP contribution in [0.15, 0.2) is 32.7 Å². The van der Waals surface area contributed by atoms with Gasteiger partial charge in [-0.15, -0.1) is 0 Å². The fraction of sp³-hybridized carbons (Fsp3) is 0.556. The molecule has 0 radical (unpaired) electrons. The lowest BCUT2D eigenvalue weighted by Gasteiger charge is -2.34. The zero-order chi connectivity index (χ0) is 19.8. The molecule has 7 nitrogen and oxygen atoms in total. The van der Waals surface area contributed by atoms with Gasteiger partial charge in [0, 0.05) is 27.2 Å². The highest BCUT2D eigenvalue weighted by Gasteiger charge is 2.26. The molecule has 0 N–H and O–H groups in total. The van der Waals surface area contributed by atoms with E-state index in [0.29, 0.717) is 28.2 Å². The van der Waals surface area contributed by atoms with E-state index in [2.05, 4.69) is 18.8 Å². The second-order valence-corrected chi connectivity index (χ2v) is 10.5. The molecule has 0 spiro atoms. The average molecular weight is 412 g/mol. The van der Waals surface area contributed by atoms with Crippen molar-refractivity contribution in [2.24, 2.45) is 11.8 Å². The van der Waals surface area contributed by atoms with Crippen molar-refractivity contribution in [2.45, 2.75) is 30.4 Å². The molecule has 27 heavy (non-hydrogen) atoms. The van der Waals surface area contributed by atoms with Gasteiger partial charge in [-0.05, 0) is 36.5 Å². The highest BCUT2D eigenvalue weighted by molar-refractivity contribution is 7.99. The zero-order valence-electron chi connectivity index (χ0n) is 16.0. The number of piperidine rings is 1. The van der Waals surface area contributed by atoms with Gasteiger partial charge < -0.3 is 9.32 Å². The number of hydrogen-bond acceptors (Lipinski definition) is 6. The van der Waals surface area contributed by atoms with Crippen molar-refractivity contribution >= 4 is 38.8 Å². The van der Waals surface area contributed by atoms with Crippen LogP contribution in [-0.4, -0.2) is 61.5 Å². The molecule has 1 amide bonds. The van der Waals surface area contributed by atoms with Crippen LogP contribution in [0, 0.1) is 11.8 Å². The SMILES string of the molecule is C[C@H]1C[C@H](C)CN(C(=O)CSc2nc3cc(S(=O)(=O)N(C)C)ccc3o2)C1. The van der Waals surface area contributed by atoms with E-state index in [0.717, 1.165) is 23.8 Å². The number of amides is 1. The fourth-order valence-corrected chi connectivity index (χ4v) is 5.06. The molecule has 0 unspecified atom stereocenters. The van der Waals surface area contributed by atoms with Gasteiger partial charge in [-0.2, -0.15) is 0 Å². The standard InChI is InChI=1S/C18H25N3O4S2/c1-12-7-13(2)10-21(9-12)17(22)11-26-18-19-15-8-14(5-6-16(15)25-18)27(23,24)20(3)4/h5-6,8,12-13H,7,9-11H2,1-4H3/t12-,13-/m0/s1. The van der Waals surface area contributed by atoms with E-state index < -0.39 is 10.0 Å². The Morgan fingerprint density at radius 1 is 1.30 bits per heavy atom. The first-order valence-electron chi connectivity index (χ1n) is 8.90. The summed E-state index contributed by atoms with van der Waals surface area (Å²) in [7, 11) is -0.558. The molecule has 2 heterocycles. The molecule has 0 bridgehead atoms. The molecule has 0 aliphatic carbocycles. The monoisotopic (exact) mass is 411 g/mol. The zero-order valence-corrected chi connectivity index (χ0v) is 17.6. The molecule has 1 aromatic carbocycles. The van der Waals surface area contributed by atoms with Crippen molar-refractivity contribution in [3.05, 3.63) is 18.2 Å². The first kappa shape index (κ1) is 20.2. The third-order valence-electron chi connectivity index (χ3n) is 4.66. The largest absolute Gasteiger partial charge is 0.431 e. The van der Waals surface area contributed by atoms with Gasteiger partial charge in [0.15, 0.2) is 5.58 Å². The molecule has 1 fully saturated rings. The van der Waals surface area contributed by atoms with Crippen LogP contribution in [-0.2, 0) is 14.8 Å². The van der Waals surface area contributed by atoms with Gasteiger partial charge in [0.25, 0.3) is 5.22 Å². The van der Waals surface area contributed by atoms with Gasteiger partial charge >= 0.3 is 0 Å². The number of fused-ring (bicyclic) bond motifs is 1. The molecular weight excluding hydrogens is 386 g/mol. The third kappa shape index (κ3) is 4.47. The Hall–Kier alpha value is -1.58. The number of benzene rings is 1. The molecule has 3 rings (SSSR count). The highest BCUT2D eigenvalue weighted by Crippen LogP contribution is 2.27. The Labute approximate surface area is 164 Å². The smallest absolute Gasteiger partial charge is 0.257 e. The number of rotatable bonds is 5. The number of nitrogens with zero attached hydrogens (tertiary/aromatic N) is 3. The van der Waals surface area contributed by atoms with Crippen LogP contribution >= 0.6 is 11.8 Å². The minimum absolute atomic E-state index is 0.0801. The van der Waals surface area contributed by atoms with Gasteiger partial charge in [0.05, 0.1) is 10.6 Å². The Morgan fingerprint density at radius 3 is 2.59 bits per heavy atom. The molecule has 148 valence electrons. The molecule has 1 aromatic heterocycles. The number of aromatic nitrogens is 1. The summed E-state index contributed by atoms with van der Waals surface area (Å²) in [6.45, 7) is 5.93. The molecule has 0 saturated carbocycles. The summed E-state index contributed by atoms with van der Waals surface area (Å²) in [5, 5.41) is 0.371. The van der Waals surface area contributed by atoms with Gasteiger partial charge in [0.1, 0.15) is 5.52 Å². The van der Waals surface area contributed by atoms with Crippen molar-refractivity contribution in [3.8, 4) is 0 Å². The minimum Gasteiger partial charge on any atom is -0.431 e. The number of carbonyl (C=O) groups is 1. The van der Waals surface area contributed by atoms with Crippen molar-refractivity contribution in [1.29, 1.82) is 0 Å². The summed E-state index contributed by atoms with van der Waals surface area (Å²) in [5.74, 6) is 1.37. The summed E-state index contributed by atoms with van der Waals surface area (Å²) >= 11 is 1.24. The van der Waals surface area contributed by atoms with Crippen LogP contribution in [0.5, 0.6) is 0 Å². The fourth-order valence-electron chi connectivity index (χ4n) is 3.40. The van der Waals surface area contributed by atoms with Crippen LogP contribution < -0.4 is 0 Å². The maximum Gasteiger partial charge on any atom is 0.257 e. The predicted molar refractivity (Wildman–Crippen MR) is 105 cm³/mol. The van der Waals surface area contributed by atoms with E-state index in [4.69, 9.17) is 4.42 Å². The van der Waals surface area contributed by atoms with Crippen molar-refractivity contribution < 1.29 is 17.6 Å². The number of thioether (sulfide) groups is 1. The predicted octanol–water partition coefficient (Wildman–Crippen LogP) is 2.67. The van der Waals surface area contributed by atoms with Gasteiger partial charge in [-0.25, -0.2) is 17.7 Å². The van der Waals surface area contributed by atoms with E-state index in [-0.39, 0.29) is 16.6 Å². The molecule has 1 saturated heterocycles. The van der Waals surface area contributed by atoms with Crippen molar-refractivity contribution in [2.75, 3.05) is 32.9 Å². The van der Waals surface area contributed by atoms with Crippen molar-refractivity contribution in [1.82, 2.24) is 14.2 Å². The van der Waals surface area contributed by atoms with Crippen LogP contribution in [0.1, 0.15) is 20.3 Å². The summed E-state index contributed by atoms with van der Waals surface area (Å²) in [4.78, 5) is 18.9. The third-order valence-corrected chi connectivity index (χ3v) is 7.28. The normalized spacial score (nSPS) is 21.1. The maximum absolute atomic E-state index is 12.5. The Bertz CT molecular complexity index is 929. The summed E-state index contributed by atoms with van der Waals surface area (Å²) in [6.07, 6.45) is 1.15. The molecule has 2 aromatic rings. The summed E-state index contributed by atoms with van der Waals surface area (Å²) < 4.78 is 31.3. The van der Waals surface area contributed by atoms with E-state index in [9.17, 15) is 13.2 Å². The number of likely N-dealkylation sites (tertiary alicyclic amines) is 1. The quantitative estimate of drug-likeness (QED) is 0.704. The van der Waals surface area contributed by atoms with E-state index in [1.165, 1.54) is 38.0 Å². The highest BCUT2D eigenvalue weighted by atomic mass is 32.2.